The van der Waals surface area contributed by atoms with E-state index in [1.165, 1.54) is 6.08 Å². The summed E-state index contributed by atoms with van der Waals surface area (Å²) in [7, 11) is 0. The van der Waals surface area contributed by atoms with Crippen molar-refractivity contribution in [3.05, 3.63) is 12.2 Å². The number of amides is 2. The van der Waals surface area contributed by atoms with Gasteiger partial charge in [-0.05, 0) is 6.08 Å². The molecule has 0 aliphatic carbocycles. The van der Waals surface area contributed by atoms with Gasteiger partial charge in [-0.1, -0.05) is 6.08 Å². The molecule has 2 aliphatic rings. The molecule has 14 heavy (non-hydrogen) atoms. The predicted octanol–water partition coefficient (Wildman–Crippen LogP) is -0.976. The number of nitrogens with zero attached hydrogens (tertiary/aromatic N) is 1. The van der Waals surface area contributed by atoms with Gasteiger partial charge in [0.15, 0.2) is 5.79 Å². The Morgan fingerprint density at radius 3 is 2.86 bits per heavy atom. The number of hydroxylamine groups is 2. The van der Waals surface area contributed by atoms with E-state index >= 15 is 0 Å². The van der Waals surface area contributed by atoms with E-state index in [4.69, 9.17) is 9.94 Å². The molecule has 1 saturated heterocycles. The fraction of sp³-hybridized carbons (Fsp3) is 0.500. The molecule has 1 fully saturated rings. The van der Waals surface area contributed by atoms with Crippen LogP contribution in [-0.4, -0.2) is 39.6 Å². The van der Waals surface area contributed by atoms with Gasteiger partial charge in [0, 0.05) is 6.42 Å². The number of hydrogen-bond acceptors (Lipinski definition) is 5. The molecule has 6 nitrogen and oxygen atoms in total. The topological polar surface area (TPSA) is 87.1 Å². The fourth-order valence-corrected chi connectivity index (χ4v) is 1.77. The molecule has 2 bridgehead atoms. The van der Waals surface area contributed by atoms with Crippen molar-refractivity contribution in [1.29, 1.82) is 0 Å². The van der Waals surface area contributed by atoms with Gasteiger partial charge < -0.3 is 9.84 Å². The largest absolute Gasteiger partial charge is 0.362 e. The average Bonchev–Trinajstić information content (AvgIpc) is 2.70. The molecule has 3 unspecified atom stereocenters. The zero-order valence-corrected chi connectivity index (χ0v) is 7.16. The monoisotopic (exact) mass is 199 g/mol. The summed E-state index contributed by atoms with van der Waals surface area (Å²) < 4.78 is 5.06. The Morgan fingerprint density at radius 2 is 2.43 bits per heavy atom. The number of fused-ring (bicyclic) bond motifs is 2. The van der Waals surface area contributed by atoms with E-state index < -0.39 is 23.7 Å². The van der Waals surface area contributed by atoms with Crippen molar-refractivity contribution < 1.29 is 24.6 Å². The number of carbonyl (C=O) groups excluding carboxylic acids is 2. The van der Waals surface area contributed by atoms with Gasteiger partial charge in [-0.25, -0.2) is 0 Å². The number of rotatable bonds is 2. The number of aliphatic hydroxyl groups is 1. The molecule has 0 aromatic heterocycles. The first-order valence-electron chi connectivity index (χ1n) is 4.12. The van der Waals surface area contributed by atoms with Crippen molar-refractivity contribution in [2.45, 2.75) is 18.3 Å². The van der Waals surface area contributed by atoms with Crippen molar-refractivity contribution in [2.75, 3.05) is 0 Å². The summed E-state index contributed by atoms with van der Waals surface area (Å²) in [6.45, 7) is 0. The van der Waals surface area contributed by atoms with Crippen LogP contribution in [0.3, 0.4) is 0 Å². The summed E-state index contributed by atoms with van der Waals surface area (Å²) in [5, 5.41) is 18.4. The molecule has 0 aromatic rings. The summed E-state index contributed by atoms with van der Waals surface area (Å²) in [4.78, 5) is 21.5. The van der Waals surface area contributed by atoms with Crippen LogP contribution in [0.1, 0.15) is 6.42 Å². The Hall–Kier alpha value is -1.24. The van der Waals surface area contributed by atoms with E-state index in [2.05, 4.69) is 0 Å². The van der Waals surface area contributed by atoms with Crippen LogP contribution < -0.4 is 0 Å². The number of carbonyl (C=O) groups is 2. The molecule has 2 aliphatic heterocycles. The highest BCUT2D eigenvalue weighted by Crippen LogP contribution is 2.40. The summed E-state index contributed by atoms with van der Waals surface area (Å²) in [6.07, 6.45) is 2.54. The van der Waals surface area contributed by atoms with Crippen molar-refractivity contribution in [2.24, 2.45) is 5.92 Å². The minimum Gasteiger partial charge on any atom is -0.362 e. The van der Waals surface area contributed by atoms with Gasteiger partial charge in [-0.3, -0.25) is 14.8 Å². The maximum absolute atomic E-state index is 11.3. The van der Waals surface area contributed by atoms with E-state index in [0.717, 1.165) is 0 Å². The van der Waals surface area contributed by atoms with Gasteiger partial charge in [0.25, 0.3) is 5.91 Å². The second-order valence-electron chi connectivity index (χ2n) is 3.39. The van der Waals surface area contributed by atoms with Crippen LogP contribution in [-0.2, 0) is 14.3 Å². The van der Waals surface area contributed by atoms with Crippen LogP contribution in [0.15, 0.2) is 12.2 Å². The molecule has 6 heteroatoms. The Bertz CT molecular complexity index is 315. The van der Waals surface area contributed by atoms with Crippen LogP contribution in [0.4, 0.5) is 0 Å². The van der Waals surface area contributed by atoms with Crippen molar-refractivity contribution in [3.63, 3.8) is 0 Å². The smallest absolute Gasteiger partial charge is 0.259 e. The minimum atomic E-state index is -1.41. The van der Waals surface area contributed by atoms with E-state index in [1.807, 2.05) is 0 Å². The van der Waals surface area contributed by atoms with Gasteiger partial charge in [0.2, 0.25) is 6.41 Å². The van der Waals surface area contributed by atoms with Crippen LogP contribution in [0.5, 0.6) is 0 Å². The summed E-state index contributed by atoms with van der Waals surface area (Å²) in [5.74, 6) is -2.86. The SMILES string of the molecule is O=CN(O)C(=O)C1CC2(O)C=CC1O2. The van der Waals surface area contributed by atoms with E-state index in [0.29, 0.717) is 0 Å². The quantitative estimate of drug-likeness (QED) is 0.258. The molecule has 0 aromatic carbocycles. The van der Waals surface area contributed by atoms with Gasteiger partial charge in [-0.15, -0.1) is 0 Å². The molecule has 2 amide bonds. The molecule has 0 saturated carbocycles. The van der Waals surface area contributed by atoms with Gasteiger partial charge >= 0.3 is 0 Å². The summed E-state index contributed by atoms with van der Waals surface area (Å²) in [6, 6.07) is 0. The lowest BCUT2D eigenvalue weighted by molar-refractivity contribution is -0.174. The normalized spacial score (nSPS) is 38.7. The zero-order chi connectivity index (χ0) is 10.3. The molecule has 2 rings (SSSR count). The standard InChI is InChI=1S/C8H9NO5/c10-4-9(13)7(11)5-3-8(12)2-1-6(5)14-8/h1-2,4-6,12-13H,3H2. The van der Waals surface area contributed by atoms with Crippen molar-refractivity contribution >= 4 is 12.3 Å². The third-order valence-corrected chi connectivity index (χ3v) is 2.44. The maximum atomic E-state index is 11.3. The first-order chi connectivity index (χ1) is 6.56. The van der Waals surface area contributed by atoms with Crippen LogP contribution >= 0.6 is 0 Å². The van der Waals surface area contributed by atoms with E-state index in [9.17, 15) is 14.7 Å². The van der Waals surface area contributed by atoms with Gasteiger partial charge in [0.05, 0.1) is 12.0 Å². The lowest BCUT2D eigenvalue weighted by Gasteiger charge is -2.17. The number of ether oxygens (including phenoxy) is 1. The Morgan fingerprint density at radius 1 is 1.71 bits per heavy atom. The second kappa shape index (κ2) is 2.88. The molecule has 2 N–H and O–H groups in total. The Balaban J connectivity index is 2.12. The third kappa shape index (κ3) is 1.24. The maximum Gasteiger partial charge on any atom is 0.259 e. The summed E-state index contributed by atoms with van der Waals surface area (Å²) in [5.41, 5.74) is 0. The first kappa shape index (κ1) is 9.32. The van der Waals surface area contributed by atoms with Crippen LogP contribution in [0.2, 0.25) is 0 Å². The van der Waals surface area contributed by atoms with Crippen molar-refractivity contribution in [3.8, 4) is 0 Å². The molecular formula is C8H9NO5. The Kier molecular flexibility index (Phi) is 1.91. The van der Waals surface area contributed by atoms with Crippen LogP contribution in [0.25, 0.3) is 0 Å². The lowest BCUT2D eigenvalue weighted by atomic mass is 9.92. The molecule has 2 heterocycles. The third-order valence-electron chi connectivity index (χ3n) is 2.44. The highest BCUT2D eigenvalue weighted by atomic mass is 16.6. The highest BCUT2D eigenvalue weighted by molar-refractivity contribution is 5.87. The lowest BCUT2D eigenvalue weighted by Crippen LogP contribution is -2.36. The zero-order valence-electron chi connectivity index (χ0n) is 7.16. The van der Waals surface area contributed by atoms with Gasteiger partial charge in [-0.2, -0.15) is 5.06 Å². The molecule has 0 radical (unpaired) electrons. The van der Waals surface area contributed by atoms with E-state index in [1.54, 1.807) is 6.08 Å². The average molecular weight is 199 g/mol. The van der Waals surface area contributed by atoms with E-state index in [-0.39, 0.29) is 17.9 Å². The summed E-state index contributed by atoms with van der Waals surface area (Å²) >= 11 is 0. The molecule has 76 valence electrons. The number of hydrogen-bond donors (Lipinski definition) is 2. The molecular weight excluding hydrogens is 190 g/mol. The Labute approximate surface area is 79.3 Å². The highest BCUT2D eigenvalue weighted by Gasteiger charge is 2.51. The van der Waals surface area contributed by atoms with Crippen molar-refractivity contribution in [1.82, 2.24) is 5.06 Å². The fourth-order valence-electron chi connectivity index (χ4n) is 1.77. The first-order valence-corrected chi connectivity index (χ1v) is 4.12. The number of imide groups is 1. The minimum absolute atomic E-state index is 0.0160. The van der Waals surface area contributed by atoms with Crippen LogP contribution in [0, 0.1) is 5.92 Å². The molecule has 3 atom stereocenters. The molecule has 0 spiro atoms. The predicted molar refractivity (Wildman–Crippen MR) is 41.8 cm³/mol. The van der Waals surface area contributed by atoms with Gasteiger partial charge in [0.1, 0.15) is 0 Å². The second-order valence-corrected chi connectivity index (χ2v) is 3.39.